The van der Waals surface area contributed by atoms with Crippen LogP contribution < -0.4 is 5.32 Å². The minimum absolute atomic E-state index is 0.271. The zero-order valence-corrected chi connectivity index (χ0v) is 14.4. The van der Waals surface area contributed by atoms with E-state index in [1.54, 1.807) is 5.56 Å². The van der Waals surface area contributed by atoms with Crippen LogP contribution in [0.15, 0.2) is 29.2 Å². The number of benzene rings is 1. The molecule has 0 unspecified atom stereocenters. The van der Waals surface area contributed by atoms with Crippen LogP contribution in [0.1, 0.15) is 45.2 Å². The first-order valence-corrected chi connectivity index (χ1v) is 9.09. The van der Waals surface area contributed by atoms with Crippen LogP contribution in [-0.2, 0) is 0 Å². The Balaban J connectivity index is 1.88. The predicted molar refractivity (Wildman–Crippen MR) is 92.0 cm³/mol. The molecule has 1 aromatic carbocycles. The lowest BCUT2D eigenvalue weighted by Gasteiger charge is -2.36. The van der Waals surface area contributed by atoms with E-state index in [-0.39, 0.29) is 4.75 Å². The van der Waals surface area contributed by atoms with Crippen molar-refractivity contribution in [2.45, 2.75) is 49.3 Å². The molecule has 3 rings (SSSR count). The molecule has 2 nitrogen and oxygen atoms in total. The third-order valence-corrected chi connectivity index (χ3v) is 5.47. The summed E-state index contributed by atoms with van der Waals surface area (Å²) in [7, 11) is 0. The van der Waals surface area contributed by atoms with E-state index in [4.69, 9.17) is 0 Å². The molecule has 0 spiro atoms. The van der Waals surface area contributed by atoms with Crippen molar-refractivity contribution >= 4 is 11.8 Å². The highest BCUT2D eigenvalue weighted by Gasteiger charge is 2.38. The van der Waals surface area contributed by atoms with E-state index in [1.807, 2.05) is 11.8 Å². The number of piperazine rings is 1. The Labute approximate surface area is 133 Å². The first-order chi connectivity index (χ1) is 10.0. The number of rotatable bonds is 4. The summed E-state index contributed by atoms with van der Waals surface area (Å²) in [6.45, 7) is 11.6. The highest BCUT2D eigenvalue weighted by atomic mass is 32.2. The van der Waals surface area contributed by atoms with Crippen molar-refractivity contribution in [3.63, 3.8) is 0 Å². The Morgan fingerprint density at radius 2 is 1.81 bits per heavy atom. The zero-order valence-electron chi connectivity index (χ0n) is 13.6. The average molecular weight is 305 g/mol. The van der Waals surface area contributed by atoms with E-state index in [2.05, 4.69) is 55.3 Å². The third-order valence-electron chi connectivity index (χ3n) is 4.27. The van der Waals surface area contributed by atoms with Gasteiger partial charge < -0.3 is 5.32 Å². The Hall–Kier alpha value is -0.510. The van der Waals surface area contributed by atoms with Crippen molar-refractivity contribution in [1.82, 2.24) is 10.2 Å². The smallest absolute Gasteiger partial charge is 0.0388 e. The topological polar surface area (TPSA) is 15.3 Å². The predicted octanol–water partition coefficient (Wildman–Crippen LogP) is 3.93. The summed E-state index contributed by atoms with van der Waals surface area (Å²) < 4.78 is 0.271. The maximum absolute atomic E-state index is 3.49. The fraction of sp³-hybridized carbons (Fsp3) is 0.667. The van der Waals surface area contributed by atoms with E-state index in [0.29, 0.717) is 6.04 Å². The van der Waals surface area contributed by atoms with Crippen LogP contribution in [-0.4, -0.2) is 35.8 Å². The molecule has 21 heavy (non-hydrogen) atoms. The summed E-state index contributed by atoms with van der Waals surface area (Å²) in [6.07, 6.45) is 2.81. The molecule has 116 valence electrons. The largest absolute Gasteiger partial charge is 0.314 e. The Morgan fingerprint density at radius 3 is 2.43 bits per heavy atom. The Bertz CT molecular complexity index is 470. The van der Waals surface area contributed by atoms with E-state index in [9.17, 15) is 0 Å². The summed E-state index contributed by atoms with van der Waals surface area (Å²) in [5, 5.41) is 3.49. The Kier molecular flexibility index (Phi) is 4.63. The van der Waals surface area contributed by atoms with Crippen molar-refractivity contribution in [2.24, 2.45) is 5.92 Å². The van der Waals surface area contributed by atoms with Crippen molar-refractivity contribution in [1.29, 1.82) is 0 Å². The standard InChI is InChI=1S/C18H28N2S/c1-18(2,3)21-16-7-5-4-6-15(16)17(14-8-9-14)20-12-10-19-11-13-20/h4-7,14,17,19H,8-13H2,1-3H3/t17-/m0/s1. The minimum atomic E-state index is 0.271. The first kappa shape index (κ1) is 15.4. The molecule has 3 heteroatoms. The van der Waals surface area contributed by atoms with Gasteiger partial charge in [0.15, 0.2) is 0 Å². The van der Waals surface area contributed by atoms with E-state index in [0.717, 1.165) is 19.0 Å². The second-order valence-corrected chi connectivity index (χ2v) is 9.19. The second kappa shape index (κ2) is 6.31. The zero-order chi connectivity index (χ0) is 14.9. The van der Waals surface area contributed by atoms with Gasteiger partial charge in [0.05, 0.1) is 0 Å². The molecule has 1 aliphatic carbocycles. The summed E-state index contributed by atoms with van der Waals surface area (Å²) >= 11 is 2.02. The molecule has 2 aliphatic rings. The molecule has 1 aromatic rings. The van der Waals surface area contributed by atoms with Crippen LogP contribution in [0.3, 0.4) is 0 Å². The lowest BCUT2D eigenvalue weighted by atomic mass is 9.99. The molecule has 1 heterocycles. The quantitative estimate of drug-likeness (QED) is 0.848. The molecule has 1 saturated heterocycles. The lowest BCUT2D eigenvalue weighted by molar-refractivity contribution is 0.154. The molecular weight excluding hydrogens is 276 g/mol. The highest BCUT2D eigenvalue weighted by Crippen LogP contribution is 2.48. The molecule has 1 aliphatic heterocycles. The van der Waals surface area contributed by atoms with E-state index >= 15 is 0 Å². The van der Waals surface area contributed by atoms with Gasteiger partial charge in [0.25, 0.3) is 0 Å². The van der Waals surface area contributed by atoms with Crippen molar-refractivity contribution < 1.29 is 0 Å². The van der Waals surface area contributed by atoms with Gasteiger partial charge in [0, 0.05) is 41.9 Å². The van der Waals surface area contributed by atoms with Gasteiger partial charge in [-0.05, 0) is 30.4 Å². The molecule has 0 aromatic heterocycles. The van der Waals surface area contributed by atoms with E-state index in [1.165, 1.54) is 30.8 Å². The first-order valence-electron chi connectivity index (χ1n) is 8.27. The summed E-state index contributed by atoms with van der Waals surface area (Å²) in [5.74, 6) is 0.879. The van der Waals surface area contributed by atoms with Crippen molar-refractivity contribution in [2.75, 3.05) is 26.2 Å². The van der Waals surface area contributed by atoms with Gasteiger partial charge in [0.1, 0.15) is 0 Å². The average Bonchev–Trinajstić information content (AvgIpc) is 3.25. The van der Waals surface area contributed by atoms with Crippen LogP contribution in [0.4, 0.5) is 0 Å². The highest BCUT2D eigenvalue weighted by molar-refractivity contribution is 8.00. The fourth-order valence-corrected chi connectivity index (χ4v) is 4.38. The Morgan fingerprint density at radius 1 is 1.14 bits per heavy atom. The molecule has 1 saturated carbocycles. The molecule has 1 N–H and O–H groups in total. The lowest BCUT2D eigenvalue weighted by Crippen LogP contribution is -2.45. The second-order valence-electron chi connectivity index (χ2n) is 7.32. The third kappa shape index (κ3) is 4.02. The molecule has 1 atom stereocenters. The number of hydrogen-bond acceptors (Lipinski definition) is 3. The van der Waals surface area contributed by atoms with Crippen LogP contribution in [0.2, 0.25) is 0 Å². The van der Waals surface area contributed by atoms with Gasteiger partial charge in [-0.3, -0.25) is 4.90 Å². The number of nitrogens with one attached hydrogen (secondary N) is 1. The van der Waals surface area contributed by atoms with Crippen molar-refractivity contribution in [3.8, 4) is 0 Å². The maximum atomic E-state index is 3.49. The molecular formula is C18H28N2S. The summed E-state index contributed by atoms with van der Waals surface area (Å²) in [4.78, 5) is 4.20. The fourth-order valence-electron chi connectivity index (χ4n) is 3.27. The summed E-state index contributed by atoms with van der Waals surface area (Å²) in [5.41, 5.74) is 1.57. The maximum Gasteiger partial charge on any atom is 0.0388 e. The summed E-state index contributed by atoms with van der Waals surface area (Å²) in [6, 6.07) is 9.75. The van der Waals surface area contributed by atoms with Gasteiger partial charge in [-0.2, -0.15) is 0 Å². The molecule has 0 amide bonds. The SMILES string of the molecule is CC(C)(C)Sc1ccccc1[C@H](C1CC1)N1CCNCC1. The monoisotopic (exact) mass is 304 g/mol. The normalized spacial score (nSPS) is 22.2. The molecule has 2 fully saturated rings. The van der Waals surface area contributed by atoms with Crippen LogP contribution in [0.5, 0.6) is 0 Å². The van der Waals surface area contributed by atoms with Gasteiger partial charge in [-0.15, -0.1) is 11.8 Å². The molecule has 0 bridgehead atoms. The van der Waals surface area contributed by atoms with Gasteiger partial charge in [0.2, 0.25) is 0 Å². The van der Waals surface area contributed by atoms with Crippen LogP contribution >= 0.6 is 11.8 Å². The minimum Gasteiger partial charge on any atom is -0.314 e. The van der Waals surface area contributed by atoms with Crippen LogP contribution in [0.25, 0.3) is 0 Å². The van der Waals surface area contributed by atoms with Crippen LogP contribution in [0, 0.1) is 5.92 Å². The number of hydrogen-bond donors (Lipinski definition) is 1. The molecule has 0 radical (unpaired) electrons. The number of thioether (sulfide) groups is 1. The number of nitrogens with zero attached hydrogens (tertiary/aromatic N) is 1. The van der Waals surface area contributed by atoms with Gasteiger partial charge >= 0.3 is 0 Å². The van der Waals surface area contributed by atoms with Gasteiger partial charge in [-0.1, -0.05) is 39.0 Å². The van der Waals surface area contributed by atoms with E-state index < -0.39 is 0 Å². The van der Waals surface area contributed by atoms with Crippen molar-refractivity contribution in [3.05, 3.63) is 29.8 Å². The van der Waals surface area contributed by atoms with Gasteiger partial charge in [-0.25, -0.2) is 0 Å².